The van der Waals surface area contributed by atoms with Gasteiger partial charge >= 0.3 is 0 Å². The van der Waals surface area contributed by atoms with Crippen molar-refractivity contribution in [2.45, 2.75) is 83.8 Å². The van der Waals surface area contributed by atoms with Crippen LogP contribution in [0.2, 0.25) is 0 Å². The zero-order chi connectivity index (χ0) is 14.1. The molecule has 2 nitrogen and oxygen atoms in total. The van der Waals surface area contributed by atoms with Crippen LogP contribution in [-0.4, -0.2) is 23.9 Å². The molecule has 2 saturated carbocycles. The Morgan fingerprint density at radius 3 is 2.26 bits per heavy atom. The second-order valence-corrected chi connectivity index (χ2v) is 7.91. The van der Waals surface area contributed by atoms with Crippen LogP contribution >= 0.6 is 0 Å². The molecule has 19 heavy (non-hydrogen) atoms. The molecule has 2 aliphatic rings. The van der Waals surface area contributed by atoms with Crippen molar-refractivity contribution in [3.8, 4) is 0 Å². The number of hydrogen-bond acceptors (Lipinski definition) is 2. The van der Waals surface area contributed by atoms with Gasteiger partial charge in [-0.25, -0.2) is 0 Å². The molecule has 3 unspecified atom stereocenters. The molecule has 0 aromatic rings. The Morgan fingerprint density at radius 1 is 1.11 bits per heavy atom. The van der Waals surface area contributed by atoms with Gasteiger partial charge in [0.15, 0.2) is 0 Å². The van der Waals surface area contributed by atoms with Gasteiger partial charge in [-0.2, -0.15) is 0 Å². The van der Waals surface area contributed by atoms with Crippen LogP contribution in [-0.2, 0) is 4.74 Å². The van der Waals surface area contributed by atoms with Crippen LogP contribution < -0.4 is 0 Å². The number of ether oxygens (including phenoxy) is 1. The van der Waals surface area contributed by atoms with Crippen molar-refractivity contribution in [2.75, 3.05) is 7.11 Å². The molecule has 112 valence electrons. The van der Waals surface area contributed by atoms with E-state index in [0.717, 1.165) is 18.8 Å². The number of aliphatic hydroxyl groups is 1. The van der Waals surface area contributed by atoms with Crippen molar-refractivity contribution < 1.29 is 9.84 Å². The molecule has 0 radical (unpaired) electrons. The lowest BCUT2D eigenvalue weighted by Crippen LogP contribution is -2.52. The highest BCUT2D eigenvalue weighted by molar-refractivity contribution is 4.98. The van der Waals surface area contributed by atoms with Crippen LogP contribution in [0.5, 0.6) is 0 Å². The van der Waals surface area contributed by atoms with Gasteiger partial charge in [0.1, 0.15) is 0 Å². The van der Waals surface area contributed by atoms with Crippen LogP contribution in [0.4, 0.5) is 0 Å². The fraction of sp³-hybridized carbons (Fsp3) is 1.00. The summed E-state index contributed by atoms with van der Waals surface area (Å²) in [6, 6.07) is 0. The summed E-state index contributed by atoms with van der Waals surface area (Å²) in [6.07, 6.45) is 9.06. The number of hydrogen-bond donors (Lipinski definition) is 1. The summed E-state index contributed by atoms with van der Waals surface area (Å²) in [5, 5.41) is 10.9. The van der Waals surface area contributed by atoms with Crippen LogP contribution in [0.3, 0.4) is 0 Å². The average molecular weight is 268 g/mol. The Balaban J connectivity index is 2.04. The van der Waals surface area contributed by atoms with Gasteiger partial charge in [-0.05, 0) is 55.8 Å². The van der Waals surface area contributed by atoms with E-state index in [4.69, 9.17) is 4.74 Å². The van der Waals surface area contributed by atoms with Gasteiger partial charge in [-0.15, -0.1) is 0 Å². The van der Waals surface area contributed by atoms with E-state index < -0.39 is 0 Å². The van der Waals surface area contributed by atoms with Gasteiger partial charge in [0.25, 0.3) is 0 Å². The highest BCUT2D eigenvalue weighted by atomic mass is 16.5. The minimum absolute atomic E-state index is 0.267. The maximum absolute atomic E-state index is 10.9. The predicted molar refractivity (Wildman–Crippen MR) is 79.1 cm³/mol. The van der Waals surface area contributed by atoms with Gasteiger partial charge in [0.2, 0.25) is 0 Å². The summed E-state index contributed by atoms with van der Waals surface area (Å²) >= 11 is 0. The molecule has 0 saturated heterocycles. The van der Waals surface area contributed by atoms with Crippen molar-refractivity contribution >= 4 is 0 Å². The third-order valence-corrected chi connectivity index (χ3v) is 5.82. The molecule has 0 aliphatic heterocycles. The first kappa shape index (κ1) is 15.3. The molecule has 0 amide bonds. The quantitative estimate of drug-likeness (QED) is 0.833. The normalized spacial score (nSPS) is 35.8. The van der Waals surface area contributed by atoms with Crippen molar-refractivity contribution in [3.63, 3.8) is 0 Å². The molecule has 0 spiro atoms. The van der Waals surface area contributed by atoms with E-state index in [1.54, 1.807) is 7.11 Å². The summed E-state index contributed by atoms with van der Waals surface area (Å²) in [4.78, 5) is 0. The Bertz CT molecular complexity index is 288. The molecular weight excluding hydrogens is 236 g/mol. The molecular formula is C17H32O2. The smallest absolute Gasteiger partial charge is 0.0939 e. The van der Waals surface area contributed by atoms with Crippen molar-refractivity contribution in [1.29, 1.82) is 0 Å². The number of methoxy groups -OCH3 is 1. The minimum Gasteiger partial charge on any atom is -0.390 e. The fourth-order valence-corrected chi connectivity index (χ4v) is 4.17. The second kappa shape index (κ2) is 5.73. The highest BCUT2D eigenvalue weighted by Crippen LogP contribution is 2.46. The lowest BCUT2D eigenvalue weighted by Gasteiger charge is -2.48. The van der Waals surface area contributed by atoms with Gasteiger partial charge in [0, 0.05) is 7.11 Å². The topological polar surface area (TPSA) is 29.5 Å². The first-order valence-electron chi connectivity index (χ1n) is 8.12. The molecule has 2 rings (SSSR count). The molecule has 1 N–H and O–H groups in total. The Morgan fingerprint density at radius 2 is 1.74 bits per heavy atom. The molecule has 0 aromatic carbocycles. The van der Waals surface area contributed by atoms with Crippen molar-refractivity contribution in [3.05, 3.63) is 0 Å². The molecule has 2 heteroatoms. The largest absolute Gasteiger partial charge is 0.390 e. The number of aliphatic hydroxyl groups excluding tert-OH is 1. The molecule has 2 aliphatic carbocycles. The summed E-state index contributed by atoms with van der Waals surface area (Å²) in [7, 11) is 1.80. The highest BCUT2D eigenvalue weighted by Gasteiger charge is 2.46. The summed E-state index contributed by atoms with van der Waals surface area (Å²) < 4.78 is 5.87. The summed E-state index contributed by atoms with van der Waals surface area (Å²) in [6.45, 7) is 6.99. The number of rotatable bonds is 3. The molecule has 2 fully saturated rings. The van der Waals surface area contributed by atoms with E-state index in [1.807, 2.05) is 0 Å². The van der Waals surface area contributed by atoms with Crippen molar-refractivity contribution in [2.24, 2.45) is 17.3 Å². The lowest BCUT2D eigenvalue weighted by atomic mass is 9.65. The third kappa shape index (κ3) is 3.33. The standard InChI is InChI=1S/C17H32O2/c1-13-6-5-7-14(12-13)15(18)17(19-4)10-8-16(2,3)9-11-17/h13-15,18H,5-12H2,1-4H3. The monoisotopic (exact) mass is 268 g/mol. The summed E-state index contributed by atoms with van der Waals surface area (Å²) in [5.41, 5.74) is 0.152. The lowest BCUT2D eigenvalue weighted by molar-refractivity contribution is -0.158. The predicted octanol–water partition coefficient (Wildman–Crippen LogP) is 4.16. The van der Waals surface area contributed by atoms with E-state index in [1.165, 1.54) is 38.5 Å². The van der Waals surface area contributed by atoms with Crippen LogP contribution in [0.1, 0.15) is 72.1 Å². The van der Waals surface area contributed by atoms with E-state index >= 15 is 0 Å². The molecule has 0 heterocycles. The van der Waals surface area contributed by atoms with E-state index in [9.17, 15) is 5.11 Å². The Labute approximate surface area is 118 Å². The van der Waals surface area contributed by atoms with E-state index in [-0.39, 0.29) is 11.7 Å². The SMILES string of the molecule is COC1(C(O)C2CCCC(C)C2)CCC(C)(C)CC1. The second-order valence-electron chi connectivity index (χ2n) is 7.91. The minimum atomic E-state index is -0.267. The Kier molecular flexibility index (Phi) is 4.62. The van der Waals surface area contributed by atoms with Crippen molar-refractivity contribution in [1.82, 2.24) is 0 Å². The molecule has 3 atom stereocenters. The zero-order valence-corrected chi connectivity index (χ0v) is 13.2. The Hall–Kier alpha value is -0.0800. The first-order chi connectivity index (χ1) is 8.88. The summed E-state index contributed by atoms with van der Waals surface area (Å²) in [5.74, 6) is 1.22. The molecule has 0 bridgehead atoms. The maximum Gasteiger partial charge on any atom is 0.0939 e. The van der Waals surface area contributed by atoms with Gasteiger partial charge in [-0.3, -0.25) is 0 Å². The van der Waals surface area contributed by atoms with Crippen LogP contribution in [0.15, 0.2) is 0 Å². The molecule has 0 aromatic heterocycles. The van der Waals surface area contributed by atoms with E-state index in [0.29, 0.717) is 11.3 Å². The van der Waals surface area contributed by atoms with Gasteiger partial charge in [0.05, 0.1) is 11.7 Å². The third-order valence-electron chi connectivity index (χ3n) is 5.82. The fourth-order valence-electron chi connectivity index (χ4n) is 4.17. The first-order valence-corrected chi connectivity index (χ1v) is 8.12. The average Bonchev–Trinajstić information content (AvgIpc) is 2.39. The van der Waals surface area contributed by atoms with E-state index in [2.05, 4.69) is 20.8 Å². The maximum atomic E-state index is 10.9. The zero-order valence-electron chi connectivity index (χ0n) is 13.2. The van der Waals surface area contributed by atoms with Crippen LogP contribution in [0, 0.1) is 17.3 Å². The van der Waals surface area contributed by atoms with Gasteiger partial charge < -0.3 is 9.84 Å². The van der Waals surface area contributed by atoms with Gasteiger partial charge in [-0.1, -0.05) is 33.6 Å². The van der Waals surface area contributed by atoms with Crippen LogP contribution in [0.25, 0.3) is 0 Å².